The summed E-state index contributed by atoms with van der Waals surface area (Å²) in [6, 6.07) is 2.13. The van der Waals surface area contributed by atoms with Crippen LogP contribution >= 0.6 is 11.3 Å². The fraction of sp³-hybridized carbons (Fsp3) is 0.538. The lowest BCUT2D eigenvalue weighted by molar-refractivity contribution is 0.393. The first-order valence-electron chi connectivity index (χ1n) is 6.49. The number of aromatic nitrogens is 2. The molecule has 1 aliphatic heterocycles. The lowest BCUT2D eigenvalue weighted by atomic mass is 9.99. The number of aryl methyl sites for hydroxylation is 1. The summed E-state index contributed by atoms with van der Waals surface area (Å²) in [6.45, 7) is 4.21. The van der Waals surface area contributed by atoms with Crippen molar-refractivity contribution in [2.75, 3.05) is 13.1 Å². The molecule has 1 N–H and O–H groups in total. The van der Waals surface area contributed by atoms with Gasteiger partial charge in [0.1, 0.15) is 0 Å². The number of nitrogens with zero attached hydrogens (tertiary/aromatic N) is 2. The van der Waals surface area contributed by atoms with Gasteiger partial charge in [-0.3, -0.25) is 0 Å². The zero-order valence-electron chi connectivity index (χ0n) is 10.5. The highest BCUT2D eigenvalue weighted by atomic mass is 32.1. The predicted molar refractivity (Wildman–Crippen MR) is 71.8 cm³/mol. The number of thiophene rings is 1. The van der Waals surface area contributed by atoms with Crippen LogP contribution in [0.5, 0.6) is 0 Å². The molecule has 1 saturated heterocycles. The molecule has 3 rings (SSSR count). The average Bonchev–Trinajstić information content (AvgIpc) is 3.08. The summed E-state index contributed by atoms with van der Waals surface area (Å²) in [7, 11) is 0. The van der Waals surface area contributed by atoms with E-state index >= 15 is 0 Å². The van der Waals surface area contributed by atoms with E-state index in [0.717, 1.165) is 36.6 Å². The van der Waals surface area contributed by atoms with Crippen molar-refractivity contribution in [3.8, 4) is 10.8 Å². The molecular weight excluding hydrogens is 246 g/mol. The first kappa shape index (κ1) is 11.9. The number of rotatable bonds is 3. The second-order valence-electron chi connectivity index (χ2n) is 4.63. The molecule has 0 bridgehead atoms. The minimum absolute atomic E-state index is 0.404. The molecule has 2 aromatic heterocycles. The van der Waals surface area contributed by atoms with Crippen molar-refractivity contribution in [3.05, 3.63) is 22.8 Å². The lowest BCUT2D eigenvalue weighted by Crippen LogP contribution is -2.28. The molecule has 18 heavy (non-hydrogen) atoms. The number of piperidine rings is 1. The second-order valence-corrected chi connectivity index (χ2v) is 5.55. The first-order valence-corrected chi connectivity index (χ1v) is 7.37. The fourth-order valence-corrected chi connectivity index (χ4v) is 3.28. The molecule has 0 radical (unpaired) electrons. The molecule has 0 aromatic carbocycles. The van der Waals surface area contributed by atoms with Crippen LogP contribution in [0.15, 0.2) is 16.0 Å². The molecule has 1 aliphatic rings. The van der Waals surface area contributed by atoms with Gasteiger partial charge in [-0.2, -0.15) is 4.98 Å². The summed E-state index contributed by atoms with van der Waals surface area (Å²) in [5.41, 5.74) is 1.29. The van der Waals surface area contributed by atoms with E-state index in [9.17, 15) is 0 Å². The van der Waals surface area contributed by atoms with Crippen LogP contribution in [0.4, 0.5) is 0 Å². The monoisotopic (exact) mass is 263 g/mol. The Bertz CT molecular complexity index is 514. The van der Waals surface area contributed by atoms with Gasteiger partial charge in [-0.25, -0.2) is 0 Å². The predicted octanol–water partition coefficient (Wildman–Crippen LogP) is 2.83. The summed E-state index contributed by atoms with van der Waals surface area (Å²) in [6.07, 6.45) is 3.34. The van der Waals surface area contributed by atoms with Gasteiger partial charge < -0.3 is 9.84 Å². The van der Waals surface area contributed by atoms with Gasteiger partial charge in [0.15, 0.2) is 5.82 Å². The van der Waals surface area contributed by atoms with Crippen LogP contribution < -0.4 is 5.32 Å². The van der Waals surface area contributed by atoms with Gasteiger partial charge in [-0.15, -0.1) is 11.3 Å². The van der Waals surface area contributed by atoms with Crippen molar-refractivity contribution in [1.82, 2.24) is 15.5 Å². The molecule has 96 valence electrons. The normalized spacial score (nSPS) is 20.2. The Morgan fingerprint density at radius 3 is 3.28 bits per heavy atom. The molecule has 0 saturated carbocycles. The molecule has 0 amide bonds. The van der Waals surface area contributed by atoms with E-state index in [1.807, 2.05) is 0 Å². The van der Waals surface area contributed by atoms with E-state index in [4.69, 9.17) is 4.52 Å². The molecule has 0 spiro atoms. The molecule has 4 nitrogen and oxygen atoms in total. The molecule has 2 aromatic rings. The first-order chi connectivity index (χ1) is 8.88. The van der Waals surface area contributed by atoms with Gasteiger partial charge in [0.25, 0.3) is 5.89 Å². The molecule has 1 fully saturated rings. The van der Waals surface area contributed by atoms with Gasteiger partial charge in [0, 0.05) is 12.5 Å². The number of hydrogen-bond acceptors (Lipinski definition) is 5. The highest BCUT2D eigenvalue weighted by molar-refractivity contribution is 7.13. The highest BCUT2D eigenvalue weighted by Crippen LogP contribution is 2.30. The molecule has 1 unspecified atom stereocenters. The van der Waals surface area contributed by atoms with Crippen molar-refractivity contribution in [2.45, 2.75) is 32.1 Å². The average molecular weight is 263 g/mol. The summed E-state index contributed by atoms with van der Waals surface area (Å²) in [4.78, 5) is 5.70. The third-order valence-corrected chi connectivity index (χ3v) is 4.37. The second kappa shape index (κ2) is 5.20. The van der Waals surface area contributed by atoms with E-state index in [0.29, 0.717) is 11.8 Å². The Morgan fingerprint density at radius 1 is 1.56 bits per heavy atom. The Labute approximate surface area is 110 Å². The van der Waals surface area contributed by atoms with Gasteiger partial charge in [-0.05, 0) is 42.8 Å². The Kier molecular flexibility index (Phi) is 3.43. The topological polar surface area (TPSA) is 51.0 Å². The van der Waals surface area contributed by atoms with Crippen LogP contribution in [0.3, 0.4) is 0 Å². The van der Waals surface area contributed by atoms with Gasteiger partial charge in [0.2, 0.25) is 0 Å². The van der Waals surface area contributed by atoms with Crippen molar-refractivity contribution in [2.24, 2.45) is 0 Å². The smallest absolute Gasteiger partial charge is 0.268 e. The maximum absolute atomic E-state index is 5.43. The van der Waals surface area contributed by atoms with Gasteiger partial charge >= 0.3 is 0 Å². The van der Waals surface area contributed by atoms with Crippen LogP contribution in [0, 0.1) is 0 Å². The molecular formula is C13H17N3OS. The van der Waals surface area contributed by atoms with Crippen LogP contribution in [0.25, 0.3) is 10.8 Å². The summed E-state index contributed by atoms with van der Waals surface area (Å²) >= 11 is 1.68. The number of hydrogen-bond donors (Lipinski definition) is 1. The SMILES string of the molecule is CCc1ccsc1-c1nc(C2CCCNC2)no1. The molecule has 5 heteroatoms. The van der Waals surface area contributed by atoms with Crippen LogP contribution in [0.1, 0.15) is 37.1 Å². The Balaban J connectivity index is 1.84. The van der Waals surface area contributed by atoms with E-state index < -0.39 is 0 Å². The Morgan fingerprint density at radius 2 is 2.50 bits per heavy atom. The third-order valence-electron chi connectivity index (χ3n) is 3.43. The van der Waals surface area contributed by atoms with E-state index in [-0.39, 0.29) is 0 Å². The lowest BCUT2D eigenvalue weighted by Gasteiger charge is -2.19. The number of nitrogens with one attached hydrogen (secondary N) is 1. The maximum atomic E-state index is 5.43. The maximum Gasteiger partial charge on any atom is 0.268 e. The van der Waals surface area contributed by atoms with Gasteiger partial charge in [-0.1, -0.05) is 12.1 Å². The summed E-state index contributed by atoms with van der Waals surface area (Å²) in [5.74, 6) is 1.94. The van der Waals surface area contributed by atoms with Crippen LogP contribution in [-0.2, 0) is 6.42 Å². The van der Waals surface area contributed by atoms with Gasteiger partial charge in [0.05, 0.1) is 4.88 Å². The van der Waals surface area contributed by atoms with E-state index in [2.05, 4.69) is 33.8 Å². The summed E-state index contributed by atoms with van der Waals surface area (Å²) < 4.78 is 5.43. The van der Waals surface area contributed by atoms with Crippen LogP contribution in [-0.4, -0.2) is 23.2 Å². The minimum Gasteiger partial charge on any atom is -0.333 e. The summed E-state index contributed by atoms with van der Waals surface area (Å²) in [5, 5.41) is 9.62. The third kappa shape index (κ3) is 2.20. The van der Waals surface area contributed by atoms with Crippen molar-refractivity contribution in [1.29, 1.82) is 0 Å². The fourth-order valence-electron chi connectivity index (χ4n) is 2.37. The van der Waals surface area contributed by atoms with E-state index in [1.54, 1.807) is 11.3 Å². The molecule has 3 heterocycles. The van der Waals surface area contributed by atoms with Crippen molar-refractivity contribution < 1.29 is 4.52 Å². The molecule has 0 aliphatic carbocycles. The van der Waals surface area contributed by atoms with Crippen LogP contribution in [0.2, 0.25) is 0 Å². The van der Waals surface area contributed by atoms with Crippen molar-refractivity contribution in [3.63, 3.8) is 0 Å². The zero-order chi connectivity index (χ0) is 12.4. The quantitative estimate of drug-likeness (QED) is 0.925. The Hall–Kier alpha value is -1.20. The highest BCUT2D eigenvalue weighted by Gasteiger charge is 2.22. The van der Waals surface area contributed by atoms with E-state index in [1.165, 1.54) is 12.0 Å². The zero-order valence-corrected chi connectivity index (χ0v) is 11.3. The standard InChI is InChI=1S/C13H17N3OS/c1-2-9-5-7-18-11(9)13-15-12(16-17-13)10-4-3-6-14-8-10/h5,7,10,14H,2-4,6,8H2,1H3. The molecule has 1 atom stereocenters. The van der Waals surface area contributed by atoms with Crippen molar-refractivity contribution >= 4 is 11.3 Å². The minimum atomic E-state index is 0.404. The largest absolute Gasteiger partial charge is 0.333 e.